The van der Waals surface area contributed by atoms with E-state index in [2.05, 4.69) is 4.98 Å². The number of nitrogens with zero attached hydrogens (tertiary/aromatic N) is 1. The Bertz CT molecular complexity index is 394. The van der Waals surface area contributed by atoms with Crippen LogP contribution in [0, 0.1) is 5.92 Å². The number of hydrogen-bond acceptors (Lipinski definition) is 3. The highest BCUT2D eigenvalue weighted by atomic mass is 16.5. The lowest BCUT2D eigenvalue weighted by atomic mass is 10.0. The predicted molar refractivity (Wildman–Crippen MR) is 72.0 cm³/mol. The van der Waals surface area contributed by atoms with Gasteiger partial charge in [-0.05, 0) is 30.9 Å². The van der Waals surface area contributed by atoms with Crippen LogP contribution in [-0.2, 0) is 11.3 Å². The summed E-state index contributed by atoms with van der Waals surface area (Å²) in [4.78, 5) is 14.8. The largest absolute Gasteiger partial charge is 0.478 e. The summed E-state index contributed by atoms with van der Waals surface area (Å²) in [6.07, 6.45) is 9.27. The average Bonchev–Trinajstić information content (AvgIpc) is 2.68. The maximum absolute atomic E-state index is 10.7. The zero-order valence-corrected chi connectivity index (χ0v) is 11.2. The van der Waals surface area contributed by atoms with Crippen LogP contribution in [0.25, 0.3) is 0 Å². The van der Waals surface area contributed by atoms with Gasteiger partial charge in [-0.25, -0.2) is 4.79 Å². The van der Waals surface area contributed by atoms with Crippen molar-refractivity contribution in [1.82, 2.24) is 4.98 Å². The summed E-state index contributed by atoms with van der Waals surface area (Å²) < 4.78 is 5.71. The summed E-state index contributed by atoms with van der Waals surface area (Å²) in [6, 6.07) is 3.29. The Morgan fingerprint density at radius 1 is 1.26 bits per heavy atom. The van der Waals surface area contributed by atoms with E-state index in [-0.39, 0.29) is 5.56 Å². The van der Waals surface area contributed by atoms with E-state index >= 15 is 0 Å². The number of pyridine rings is 1. The van der Waals surface area contributed by atoms with Crippen LogP contribution in [0.4, 0.5) is 0 Å². The van der Waals surface area contributed by atoms with Gasteiger partial charge in [0.1, 0.15) is 0 Å². The van der Waals surface area contributed by atoms with E-state index in [0.717, 1.165) is 12.3 Å². The van der Waals surface area contributed by atoms with Crippen molar-refractivity contribution in [1.29, 1.82) is 0 Å². The number of rotatable bonds is 5. The summed E-state index contributed by atoms with van der Waals surface area (Å²) in [7, 11) is 0. The maximum atomic E-state index is 10.7. The molecule has 1 saturated carbocycles. The zero-order chi connectivity index (χ0) is 13.5. The van der Waals surface area contributed by atoms with Gasteiger partial charge in [0, 0.05) is 12.8 Å². The fraction of sp³-hybridized carbons (Fsp3) is 0.600. The average molecular weight is 263 g/mol. The minimum atomic E-state index is -0.946. The summed E-state index contributed by atoms with van der Waals surface area (Å²) in [5.41, 5.74) is 1.01. The van der Waals surface area contributed by atoms with Crippen LogP contribution in [0.1, 0.15) is 54.6 Å². The normalized spacial score (nSPS) is 17.1. The lowest BCUT2D eigenvalue weighted by Crippen LogP contribution is -2.09. The second-order valence-corrected chi connectivity index (χ2v) is 5.22. The van der Waals surface area contributed by atoms with Gasteiger partial charge in [-0.2, -0.15) is 0 Å². The summed E-state index contributed by atoms with van der Waals surface area (Å²) in [5.74, 6) is -0.265. The first-order valence-corrected chi connectivity index (χ1v) is 7.01. The van der Waals surface area contributed by atoms with Gasteiger partial charge >= 0.3 is 5.97 Å². The summed E-state index contributed by atoms with van der Waals surface area (Å²) >= 11 is 0. The third-order valence-corrected chi connectivity index (χ3v) is 3.65. The molecule has 4 nitrogen and oxygen atoms in total. The molecule has 0 saturated heterocycles. The molecule has 1 aromatic heterocycles. The molecule has 0 atom stereocenters. The molecule has 0 amide bonds. The van der Waals surface area contributed by atoms with Crippen molar-refractivity contribution in [2.75, 3.05) is 6.61 Å². The van der Waals surface area contributed by atoms with E-state index in [0.29, 0.717) is 12.5 Å². The Morgan fingerprint density at radius 3 is 2.58 bits per heavy atom. The van der Waals surface area contributed by atoms with Gasteiger partial charge in [0.15, 0.2) is 0 Å². The first kappa shape index (κ1) is 14.0. The number of aromatic nitrogens is 1. The standard InChI is InChI=1S/C15H21NO3/c17-15(18)13-7-8-14(16-9-13)11-19-10-12-5-3-1-2-4-6-12/h7-9,12H,1-6,10-11H2,(H,17,18). The SMILES string of the molecule is O=C(O)c1ccc(COCC2CCCCCC2)nc1. The molecule has 2 rings (SSSR count). The third-order valence-electron chi connectivity index (χ3n) is 3.65. The van der Waals surface area contributed by atoms with Crippen molar-refractivity contribution < 1.29 is 14.6 Å². The number of ether oxygens (including phenoxy) is 1. The monoisotopic (exact) mass is 263 g/mol. The molecular weight excluding hydrogens is 242 g/mol. The molecule has 1 fully saturated rings. The highest BCUT2D eigenvalue weighted by molar-refractivity contribution is 5.87. The number of hydrogen-bond donors (Lipinski definition) is 1. The highest BCUT2D eigenvalue weighted by Crippen LogP contribution is 2.23. The molecule has 1 aliphatic rings. The molecule has 0 spiro atoms. The van der Waals surface area contributed by atoms with E-state index in [1.807, 2.05) is 0 Å². The van der Waals surface area contributed by atoms with E-state index < -0.39 is 5.97 Å². The first-order chi connectivity index (χ1) is 9.25. The van der Waals surface area contributed by atoms with Crippen LogP contribution in [-0.4, -0.2) is 22.7 Å². The van der Waals surface area contributed by atoms with Gasteiger partial charge in [-0.3, -0.25) is 4.98 Å². The van der Waals surface area contributed by atoms with Gasteiger partial charge in [0.25, 0.3) is 0 Å². The Balaban J connectivity index is 1.74. The van der Waals surface area contributed by atoms with Crippen LogP contribution in [0.5, 0.6) is 0 Å². The molecule has 0 aliphatic heterocycles. The Kier molecular flexibility index (Phi) is 5.33. The highest BCUT2D eigenvalue weighted by Gasteiger charge is 2.12. The molecule has 104 valence electrons. The second-order valence-electron chi connectivity index (χ2n) is 5.22. The van der Waals surface area contributed by atoms with Crippen LogP contribution in [0.15, 0.2) is 18.3 Å². The molecule has 4 heteroatoms. The van der Waals surface area contributed by atoms with Crippen molar-refractivity contribution in [2.24, 2.45) is 5.92 Å². The lowest BCUT2D eigenvalue weighted by molar-refractivity contribution is 0.0694. The minimum Gasteiger partial charge on any atom is -0.478 e. The quantitative estimate of drug-likeness (QED) is 0.828. The molecule has 0 unspecified atom stereocenters. The topological polar surface area (TPSA) is 59.4 Å². The lowest BCUT2D eigenvalue weighted by Gasteiger charge is -2.13. The Morgan fingerprint density at radius 2 is 2.00 bits per heavy atom. The smallest absolute Gasteiger partial charge is 0.337 e. The Labute approximate surface area is 113 Å². The van der Waals surface area contributed by atoms with Crippen LogP contribution in [0.2, 0.25) is 0 Å². The van der Waals surface area contributed by atoms with E-state index in [1.54, 1.807) is 12.1 Å². The minimum absolute atomic E-state index is 0.215. The van der Waals surface area contributed by atoms with E-state index in [9.17, 15) is 4.79 Å². The number of carboxylic acids is 1. The van der Waals surface area contributed by atoms with E-state index in [4.69, 9.17) is 9.84 Å². The summed E-state index contributed by atoms with van der Waals surface area (Å²) in [5, 5.41) is 8.78. The molecule has 0 radical (unpaired) electrons. The predicted octanol–water partition coefficient (Wildman–Crippen LogP) is 3.27. The molecule has 1 N–H and O–H groups in total. The Hall–Kier alpha value is -1.42. The molecule has 19 heavy (non-hydrogen) atoms. The second kappa shape index (κ2) is 7.24. The van der Waals surface area contributed by atoms with Gasteiger partial charge in [0.2, 0.25) is 0 Å². The summed E-state index contributed by atoms with van der Waals surface area (Å²) in [6.45, 7) is 1.26. The zero-order valence-electron chi connectivity index (χ0n) is 11.2. The van der Waals surface area contributed by atoms with Gasteiger partial charge in [-0.15, -0.1) is 0 Å². The molecular formula is C15H21NO3. The number of carboxylic acid groups (broad SMARTS) is 1. The first-order valence-electron chi connectivity index (χ1n) is 7.01. The van der Waals surface area contributed by atoms with Crippen molar-refractivity contribution in [2.45, 2.75) is 45.1 Å². The van der Waals surface area contributed by atoms with Crippen molar-refractivity contribution in [3.8, 4) is 0 Å². The van der Waals surface area contributed by atoms with Crippen molar-refractivity contribution in [3.05, 3.63) is 29.6 Å². The third kappa shape index (κ3) is 4.63. The van der Waals surface area contributed by atoms with Crippen molar-refractivity contribution >= 4 is 5.97 Å². The van der Waals surface area contributed by atoms with Crippen LogP contribution < -0.4 is 0 Å². The maximum Gasteiger partial charge on any atom is 0.337 e. The molecule has 1 aliphatic carbocycles. The van der Waals surface area contributed by atoms with Gasteiger partial charge in [0.05, 0.1) is 17.9 Å². The molecule has 1 aromatic rings. The fourth-order valence-corrected chi connectivity index (χ4v) is 2.50. The molecule has 0 aromatic carbocycles. The molecule has 0 bridgehead atoms. The van der Waals surface area contributed by atoms with Crippen LogP contribution in [0.3, 0.4) is 0 Å². The molecule has 1 heterocycles. The van der Waals surface area contributed by atoms with E-state index in [1.165, 1.54) is 44.7 Å². The number of carbonyl (C=O) groups is 1. The van der Waals surface area contributed by atoms with Gasteiger partial charge in [-0.1, -0.05) is 25.7 Å². The van der Waals surface area contributed by atoms with Gasteiger partial charge < -0.3 is 9.84 Å². The van der Waals surface area contributed by atoms with Crippen molar-refractivity contribution in [3.63, 3.8) is 0 Å². The number of aromatic carboxylic acids is 1. The fourth-order valence-electron chi connectivity index (χ4n) is 2.50. The van der Waals surface area contributed by atoms with Crippen LogP contribution >= 0.6 is 0 Å².